The quantitative estimate of drug-likeness (QED) is 0.705. The van der Waals surface area contributed by atoms with Gasteiger partial charge in [-0.1, -0.05) is 25.5 Å². The Labute approximate surface area is 173 Å². The molecule has 4 fully saturated rings. The minimum atomic E-state index is -0.993. The first-order valence-corrected chi connectivity index (χ1v) is 11.2. The van der Waals surface area contributed by atoms with Crippen molar-refractivity contribution in [3.05, 3.63) is 23.8 Å². The summed E-state index contributed by atoms with van der Waals surface area (Å²) in [4.78, 5) is 11.9. The van der Waals surface area contributed by atoms with E-state index < -0.39 is 22.9 Å². The van der Waals surface area contributed by atoms with Gasteiger partial charge in [-0.15, -0.1) is 0 Å². The summed E-state index contributed by atoms with van der Waals surface area (Å²) < 4.78 is 11.9. The molecule has 0 aromatic rings. The van der Waals surface area contributed by atoms with Crippen molar-refractivity contribution in [1.29, 1.82) is 0 Å². The van der Waals surface area contributed by atoms with Crippen molar-refractivity contribution >= 4 is 5.78 Å². The van der Waals surface area contributed by atoms with Gasteiger partial charge in [0.25, 0.3) is 0 Å². The van der Waals surface area contributed by atoms with Gasteiger partial charge in [0.1, 0.15) is 6.10 Å². The molecule has 5 aliphatic rings. The Morgan fingerprint density at radius 2 is 1.93 bits per heavy atom. The Bertz CT molecular complexity index is 799. The molecule has 3 saturated carbocycles. The van der Waals surface area contributed by atoms with Crippen molar-refractivity contribution in [2.24, 2.45) is 28.6 Å². The molecular formula is C24H34O5. The standard InChI is InChI=1S/C24H34O5/c1-21(2)28-13-19(29-21)24(27)10-8-17-16-6-5-14-11-15(25)7-9-22(14,3)20(16)18(26)12-23(17,24)4/h7,9,11,16-20,26-27H,5-6,8,10,12-13H2,1-4H3. The van der Waals surface area contributed by atoms with E-state index in [1.54, 1.807) is 12.2 Å². The molecule has 29 heavy (non-hydrogen) atoms. The summed E-state index contributed by atoms with van der Waals surface area (Å²) in [6.45, 7) is 8.52. The van der Waals surface area contributed by atoms with Crippen LogP contribution in [0.4, 0.5) is 0 Å². The third kappa shape index (κ3) is 2.57. The number of hydrogen-bond donors (Lipinski definition) is 2. The van der Waals surface area contributed by atoms with E-state index in [1.165, 1.54) is 0 Å². The Morgan fingerprint density at radius 3 is 2.62 bits per heavy atom. The van der Waals surface area contributed by atoms with Gasteiger partial charge in [-0.3, -0.25) is 4.79 Å². The number of allylic oxidation sites excluding steroid dienone is 4. The number of ether oxygens (including phenoxy) is 2. The van der Waals surface area contributed by atoms with E-state index in [1.807, 2.05) is 19.9 Å². The van der Waals surface area contributed by atoms with Crippen LogP contribution in [0, 0.1) is 28.6 Å². The van der Waals surface area contributed by atoms with Crippen LogP contribution in [-0.4, -0.2) is 46.2 Å². The predicted molar refractivity (Wildman–Crippen MR) is 108 cm³/mol. The van der Waals surface area contributed by atoms with Crippen molar-refractivity contribution in [3.63, 3.8) is 0 Å². The Hall–Kier alpha value is -1.01. The van der Waals surface area contributed by atoms with Crippen LogP contribution in [0.3, 0.4) is 0 Å². The molecule has 0 aromatic heterocycles. The summed E-state index contributed by atoms with van der Waals surface area (Å²) in [6, 6.07) is 0. The highest BCUT2D eigenvalue weighted by Crippen LogP contribution is 2.68. The largest absolute Gasteiger partial charge is 0.393 e. The molecule has 1 heterocycles. The third-order valence-corrected chi connectivity index (χ3v) is 9.25. The van der Waals surface area contributed by atoms with E-state index in [0.29, 0.717) is 31.3 Å². The maximum Gasteiger partial charge on any atom is 0.178 e. The fraction of sp³-hybridized carbons (Fsp3) is 0.792. The highest BCUT2D eigenvalue weighted by atomic mass is 16.7. The van der Waals surface area contributed by atoms with Crippen LogP contribution in [0.2, 0.25) is 0 Å². The first kappa shape index (κ1) is 19.9. The number of hydrogen-bond acceptors (Lipinski definition) is 5. The number of ketones is 1. The highest BCUT2D eigenvalue weighted by Gasteiger charge is 2.69. The molecule has 5 rings (SSSR count). The molecule has 8 unspecified atom stereocenters. The molecule has 8 atom stereocenters. The molecule has 160 valence electrons. The van der Waals surface area contributed by atoms with Gasteiger partial charge in [-0.2, -0.15) is 0 Å². The number of aliphatic hydroxyl groups is 2. The monoisotopic (exact) mass is 402 g/mol. The molecule has 1 saturated heterocycles. The van der Waals surface area contributed by atoms with Crippen LogP contribution in [0.1, 0.15) is 59.8 Å². The van der Waals surface area contributed by atoms with E-state index in [0.717, 1.165) is 24.8 Å². The first-order chi connectivity index (χ1) is 13.5. The van der Waals surface area contributed by atoms with Crippen molar-refractivity contribution in [2.75, 3.05) is 6.61 Å². The molecule has 4 aliphatic carbocycles. The lowest BCUT2D eigenvalue weighted by Crippen LogP contribution is -2.62. The fourth-order valence-corrected chi connectivity index (χ4v) is 7.82. The average molecular weight is 403 g/mol. The Morgan fingerprint density at radius 1 is 1.17 bits per heavy atom. The van der Waals surface area contributed by atoms with Crippen LogP contribution in [0.25, 0.3) is 0 Å². The van der Waals surface area contributed by atoms with Crippen LogP contribution in [0.5, 0.6) is 0 Å². The molecular weight excluding hydrogens is 368 g/mol. The van der Waals surface area contributed by atoms with Crippen LogP contribution >= 0.6 is 0 Å². The predicted octanol–water partition coefficient (Wildman–Crippen LogP) is 3.15. The zero-order chi connectivity index (χ0) is 20.8. The summed E-state index contributed by atoms with van der Waals surface area (Å²) in [5, 5.41) is 23.4. The lowest BCUT2D eigenvalue weighted by atomic mass is 9.46. The second kappa shape index (κ2) is 6.03. The number of aliphatic hydroxyl groups excluding tert-OH is 1. The van der Waals surface area contributed by atoms with Crippen molar-refractivity contribution < 1.29 is 24.5 Å². The van der Waals surface area contributed by atoms with Gasteiger partial charge < -0.3 is 19.7 Å². The molecule has 5 heteroatoms. The molecule has 0 amide bonds. The summed E-state index contributed by atoms with van der Waals surface area (Å²) >= 11 is 0. The van der Waals surface area contributed by atoms with Crippen molar-refractivity contribution in [2.45, 2.75) is 83.4 Å². The maximum atomic E-state index is 11.9. The summed E-state index contributed by atoms with van der Waals surface area (Å²) in [5.41, 5.74) is -0.509. The number of rotatable bonds is 1. The Balaban J connectivity index is 1.50. The highest BCUT2D eigenvalue weighted by molar-refractivity contribution is 6.01. The molecule has 2 N–H and O–H groups in total. The molecule has 0 spiro atoms. The first-order valence-electron chi connectivity index (χ1n) is 11.2. The fourth-order valence-electron chi connectivity index (χ4n) is 7.82. The maximum absolute atomic E-state index is 11.9. The van der Waals surface area contributed by atoms with Crippen LogP contribution in [0.15, 0.2) is 23.8 Å². The lowest BCUT2D eigenvalue weighted by molar-refractivity contribution is -0.219. The zero-order valence-corrected chi connectivity index (χ0v) is 18.0. The van der Waals surface area contributed by atoms with E-state index in [9.17, 15) is 15.0 Å². The molecule has 0 aromatic carbocycles. The summed E-state index contributed by atoms with van der Waals surface area (Å²) in [5.74, 6) is 0.125. The van der Waals surface area contributed by atoms with Gasteiger partial charge in [0.2, 0.25) is 0 Å². The lowest BCUT2D eigenvalue weighted by Gasteiger charge is -2.60. The normalized spacial score (nSPS) is 53.2. The molecule has 1 aliphatic heterocycles. The number of carbonyl (C=O) groups is 1. The zero-order valence-electron chi connectivity index (χ0n) is 18.0. The second-order valence-corrected chi connectivity index (χ2v) is 11.0. The SMILES string of the molecule is CC1(C)OCC(C2(O)CCC3C4CCC5=CC(=O)C=CC5(C)C4C(O)CC32C)O1. The van der Waals surface area contributed by atoms with Crippen molar-refractivity contribution in [1.82, 2.24) is 0 Å². The summed E-state index contributed by atoms with van der Waals surface area (Å²) in [7, 11) is 0. The van der Waals surface area contributed by atoms with Crippen LogP contribution < -0.4 is 0 Å². The minimum absolute atomic E-state index is 0.0577. The van der Waals surface area contributed by atoms with Gasteiger partial charge >= 0.3 is 0 Å². The number of carbonyl (C=O) groups excluding carboxylic acids is 1. The van der Waals surface area contributed by atoms with E-state index in [2.05, 4.69) is 13.8 Å². The number of fused-ring (bicyclic) bond motifs is 5. The molecule has 0 bridgehead atoms. The van der Waals surface area contributed by atoms with Crippen molar-refractivity contribution in [3.8, 4) is 0 Å². The van der Waals surface area contributed by atoms with Gasteiger partial charge in [-0.25, -0.2) is 0 Å². The van der Waals surface area contributed by atoms with E-state index in [4.69, 9.17) is 9.47 Å². The summed E-state index contributed by atoms with van der Waals surface area (Å²) in [6.07, 6.45) is 8.64. The Kier molecular flexibility index (Phi) is 4.14. The molecule has 0 radical (unpaired) electrons. The van der Waals surface area contributed by atoms with E-state index >= 15 is 0 Å². The van der Waals surface area contributed by atoms with E-state index in [-0.39, 0.29) is 23.2 Å². The van der Waals surface area contributed by atoms with Crippen LogP contribution in [-0.2, 0) is 14.3 Å². The van der Waals surface area contributed by atoms with Gasteiger partial charge in [0.15, 0.2) is 11.6 Å². The smallest absolute Gasteiger partial charge is 0.178 e. The average Bonchev–Trinajstić information content (AvgIpc) is 3.13. The van der Waals surface area contributed by atoms with Gasteiger partial charge in [0, 0.05) is 16.7 Å². The van der Waals surface area contributed by atoms with Gasteiger partial charge in [-0.05, 0) is 69.9 Å². The second-order valence-electron chi connectivity index (χ2n) is 11.0. The van der Waals surface area contributed by atoms with Gasteiger partial charge in [0.05, 0.1) is 18.3 Å². The third-order valence-electron chi connectivity index (χ3n) is 9.25. The topological polar surface area (TPSA) is 76.0 Å². The minimum Gasteiger partial charge on any atom is -0.393 e. The molecule has 5 nitrogen and oxygen atoms in total.